The number of hydrogen-bond donors (Lipinski definition) is 0. The topological polar surface area (TPSA) is 51.2 Å². The summed E-state index contributed by atoms with van der Waals surface area (Å²) in [6.45, 7) is 0. The summed E-state index contributed by atoms with van der Waals surface area (Å²) < 4.78 is 23.9. The van der Waals surface area contributed by atoms with Gasteiger partial charge in [0, 0.05) is 0 Å². The molecule has 0 bridgehead atoms. The molecule has 2 aromatic rings. The first-order chi connectivity index (χ1) is 9.10. The average molecular weight is 272 g/mol. The third-order valence-corrected chi connectivity index (χ3v) is 4.09. The lowest BCUT2D eigenvalue weighted by atomic mass is 10.2. The Morgan fingerprint density at radius 1 is 0.842 bits per heavy atom. The van der Waals surface area contributed by atoms with Crippen molar-refractivity contribution in [3.63, 3.8) is 0 Å². The molecule has 4 heteroatoms. The van der Waals surface area contributed by atoms with Crippen LogP contribution >= 0.6 is 0 Å². The van der Waals surface area contributed by atoms with Crippen LogP contribution in [0.3, 0.4) is 0 Å². The van der Waals surface area contributed by atoms with Gasteiger partial charge >= 0.3 is 0 Å². The normalized spacial score (nSPS) is 11.6. The van der Waals surface area contributed by atoms with Gasteiger partial charge in [-0.3, -0.25) is 4.79 Å². The predicted octanol–water partition coefficient (Wildman–Crippen LogP) is 2.70. The summed E-state index contributed by atoms with van der Waals surface area (Å²) in [5.41, 5.74) is 0.777. The van der Waals surface area contributed by atoms with E-state index in [2.05, 4.69) is 0 Å². The van der Waals surface area contributed by atoms with E-state index in [4.69, 9.17) is 0 Å². The van der Waals surface area contributed by atoms with Crippen molar-refractivity contribution in [3.05, 3.63) is 72.3 Å². The number of benzene rings is 2. The van der Waals surface area contributed by atoms with E-state index >= 15 is 0 Å². The molecule has 0 amide bonds. The first-order valence-corrected chi connectivity index (χ1v) is 7.16. The second kappa shape index (κ2) is 5.63. The Hall–Kier alpha value is -2.20. The van der Waals surface area contributed by atoms with Gasteiger partial charge in [-0.25, -0.2) is 8.42 Å². The Bertz CT molecular complexity index is 687. The Morgan fingerprint density at radius 2 is 1.37 bits per heavy atom. The molecule has 0 aliphatic rings. The summed E-state index contributed by atoms with van der Waals surface area (Å²) in [7, 11) is -3.93. The van der Waals surface area contributed by atoms with Gasteiger partial charge in [0.25, 0.3) is 5.12 Å². The summed E-state index contributed by atoms with van der Waals surface area (Å²) in [6.07, 6.45) is 2.57. The predicted molar refractivity (Wildman–Crippen MR) is 74.1 cm³/mol. The minimum absolute atomic E-state index is 0.0118. The van der Waals surface area contributed by atoms with E-state index in [-0.39, 0.29) is 4.90 Å². The van der Waals surface area contributed by atoms with Gasteiger partial charge in [-0.05, 0) is 23.8 Å². The molecule has 2 aromatic carbocycles. The van der Waals surface area contributed by atoms with Gasteiger partial charge in [0.15, 0.2) is 0 Å². The van der Waals surface area contributed by atoms with Crippen LogP contribution in [0.15, 0.2) is 71.6 Å². The fourth-order valence-corrected chi connectivity index (χ4v) is 2.53. The minimum atomic E-state index is -3.93. The van der Waals surface area contributed by atoms with E-state index < -0.39 is 15.0 Å². The third kappa shape index (κ3) is 3.17. The van der Waals surface area contributed by atoms with E-state index in [1.807, 2.05) is 18.2 Å². The molecule has 0 aromatic heterocycles. The maximum atomic E-state index is 12.0. The van der Waals surface area contributed by atoms with Crippen LogP contribution in [0.25, 0.3) is 6.08 Å². The smallest absolute Gasteiger partial charge is 0.274 e. The Morgan fingerprint density at radius 3 is 1.95 bits per heavy atom. The van der Waals surface area contributed by atoms with Gasteiger partial charge < -0.3 is 0 Å². The molecule has 0 saturated heterocycles. The monoisotopic (exact) mass is 272 g/mol. The molecule has 3 nitrogen and oxygen atoms in total. The van der Waals surface area contributed by atoms with Gasteiger partial charge in [0.1, 0.15) is 0 Å². The summed E-state index contributed by atoms with van der Waals surface area (Å²) in [5.74, 6) is 0. The number of sulfone groups is 1. The van der Waals surface area contributed by atoms with Gasteiger partial charge in [0.05, 0.1) is 4.90 Å². The lowest BCUT2D eigenvalue weighted by Gasteiger charge is -1.99. The van der Waals surface area contributed by atoms with E-state index in [1.54, 1.807) is 30.3 Å². The molecule has 0 aliphatic carbocycles. The fourth-order valence-electron chi connectivity index (χ4n) is 1.53. The molecule has 2 rings (SSSR count). The Kier molecular flexibility index (Phi) is 3.92. The number of rotatable bonds is 3. The zero-order valence-electron chi connectivity index (χ0n) is 10.1. The quantitative estimate of drug-likeness (QED) is 0.807. The van der Waals surface area contributed by atoms with Gasteiger partial charge in [-0.2, -0.15) is 0 Å². The molecule has 0 spiro atoms. The first-order valence-electron chi connectivity index (χ1n) is 5.68. The van der Waals surface area contributed by atoms with Crippen LogP contribution in [0.2, 0.25) is 0 Å². The lowest BCUT2D eigenvalue weighted by Crippen LogP contribution is -2.12. The van der Waals surface area contributed by atoms with Crippen molar-refractivity contribution in [1.29, 1.82) is 0 Å². The highest BCUT2D eigenvalue weighted by Crippen LogP contribution is 2.12. The van der Waals surface area contributed by atoms with Crippen LogP contribution in [0.1, 0.15) is 5.56 Å². The SMILES string of the molecule is O=C(/C=C/c1ccccc1)S(=O)(=O)c1ccccc1. The van der Waals surface area contributed by atoms with Crippen LogP contribution in [0, 0.1) is 0 Å². The van der Waals surface area contributed by atoms with Crippen molar-refractivity contribution < 1.29 is 13.2 Å². The molecule has 0 radical (unpaired) electrons. The highest BCUT2D eigenvalue weighted by Gasteiger charge is 2.21. The van der Waals surface area contributed by atoms with E-state index in [1.165, 1.54) is 18.2 Å². The Balaban J connectivity index is 2.24. The number of carbonyl (C=O) groups is 1. The van der Waals surface area contributed by atoms with E-state index in [9.17, 15) is 13.2 Å². The van der Waals surface area contributed by atoms with Crippen LogP contribution in [0.5, 0.6) is 0 Å². The Labute approximate surface area is 112 Å². The number of hydrogen-bond acceptors (Lipinski definition) is 3. The standard InChI is InChI=1S/C15H12O3S/c16-15(12-11-13-7-3-1-4-8-13)19(17,18)14-9-5-2-6-10-14/h1-12H/b12-11+. The third-order valence-electron chi connectivity index (χ3n) is 2.53. The largest absolute Gasteiger partial charge is 0.276 e. The van der Waals surface area contributed by atoms with Gasteiger partial charge in [-0.1, -0.05) is 54.6 Å². The maximum Gasteiger partial charge on any atom is 0.274 e. The van der Waals surface area contributed by atoms with Crippen molar-refractivity contribution >= 4 is 21.0 Å². The second-order valence-electron chi connectivity index (χ2n) is 3.88. The van der Waals surface area contributed by atoms with Crippen molar-refractivity contribution in [2.24, 2.45) is 0 Å². The summed E-state index contributed by atoms with van der Waals surface area (Å²) in [5, 5.41) is -0.914. The zero-order chi connectivity index (χ0) is 13.7. The summed E-state index contributed by atoms with van der Waals surface area (Å²) >= 11 is 0. The minimum Gasteiger partial charge on any atom is -0.276 e. The molecule has 0 fully saturated rings. The molecule has 0 saturated carbocycles. The molecular weight excluding hydrogens is 260 g/mol. The number of carbonyl (C=O) groups excluding carboxylic acids is 1. The summed E-state index contributed by atoms with van der Waals surface area (Å²) in [6, 6.07) is 16.7. The lowest BCUT2D eigenvalue weighted by molar-refractivity contribution is -0.107. The second-order valence-corrected chi connectivity index (χ2v) is 5.76. The van der Waals surface area contributed by atoms with Gasteiger partial charge in [-0.15, -0.1) is 0 Å². The van der Waals surface area contributed by atoms with Crippen molar-refractivity contribution in [3.8, 4) is 0 Å². The van der Waals surface area contributed by atoms with Crippen molar-refractivity contribution in [2.45, 2.75) is 4.90 Å². The van der Waals surface area contributed by atoms with Crippen LogP contribution in [0.4, 0.5) is 0 Å². The van der Waals surface area contributed by atoms with Crippen LogP contribution < -0.4 is 0 Å². The average Bonchev–Trinajstić information content (AvgIpc) is 2.46. The van der Waals surface area contributed by atoms with E-state index in [0.717, 1.165) is 11.6 Å². The van der Waals surface area contributed by atoms with Crippen LogP contribution in [-0.2, 0) is 14.6 Å². The fraction of sp³-hybridized carbons (Fsp3) is 0. The zero-order valence-corrected chi connectivity index (χ0v) is 10.9. The van der Waals surface area contributed by atoms with E-state index in [0.29, 0.717) is 0 Å². The van der Waals surface area contributed by atoms with Crippen molar-refractivity contribution in [2.75, 3.05) is 0 Å². The molecule has 0 atom stereocenters. The molecule has 96 valence electrons. The highest BCUT2D eigenvalue weighted by atomic mass is 32.2. The maximum absolute atomic E-state index is 12.0. The molecule has 19 heavy (non-hydrogen) atoms. The molecule has 0 unspecified atom stereocenters. The van der Waals surface area contributed by atoms with Gasteiger partial charge in [0.2, 0.25) is 9.84 Å². The van der Waals surface area contributed by atoms with Crippen LogP contribution in [-0.4, -0.2) is 13.5 Å². The molecule has 0 N–H and O–H groups in total. The van der Waals surface area contributed by atoms with Crippen molar-refractivity contribution in [1.82, 2.24) is 0 Å². The first kappa shape index (κ1) is 13.2. The highest BCUT2D eigenvalue weighted by molar-refractivity contribution is 8.06. The molecule has 0 aliphatic heterocycles. The molecular formula is C15H12O3S. The summed E-state index contributed by atoms with van der Waals surface area (Å²) in [4.78, 5) is 11.8. The molecule has 0 heterocycles.